The van der Waals surface area contributed by atoms with E-state index in [2.05, 4.69) is 10.3 Å². The Morgan fingerprint density at radius 1 is 1.42 bits per heavy atom. The number of carbonyl (C=O) groups excluding carboxylic acids is 1. The lowest BCUT2D eigenvalue weighted by molar-refractivity contribution is -0.137. The minimum absolute atomic E-state index is 0.0680. The lowest BCUT2D eigenvalue weighted by Gasteiger charge is -2.34. The van der Waals surface area contributed by atoms with E-state index in [4.69, 9.17) is 0 Å². The number of alkyl halides is 3. The summed E-state index contributed by atoms with van der Waals surface area (Å²) < 4.78 is 38.0. The molecule has 0 amide bonds. The highest BCUT2D eigenvalue weighted by atomic mass is 32.1. The van der Waals surface area contributed by atoms with Gasteiger partial charge < -0.3 is 10.2 Å². The second kappa shape index (κ2) is 7.75. The highest BCUT2D eigenvalue weighted by Gasteiger charge is 2.31. The molecule has 3 rings (SSSR count). The van der Waals surface area contributed by atoms with E-state index >= 15 is 0 Å². The molecule has 1 atom stereocenters. The number of Topliss-reactive ketones (excluding diaryl/α,β-unsaturated/α-hetero) is 1. The standard InChI is InChI=1S/C18H20F3N3OS/c1-12(25)16-7-13(11-26-16)8-22-15-3-2-6-24(10-15)17-5-4-14(9-23-17)18(19,20)21/h4-5,7,9,11,15,22H,2-3,6,8,10H2,1H3/t15-/m0/s1. The van der Waals surface area contributed by atoms with E-state index in [1.54, 1.807) is 6.92 Å². The first-order chi connectivity index (χ1) is 12.3. The summed E-state index contributed by atoms with van der Waals surface area (Å²) in [5.41, 5.74) is 0.344. The fourth-order valence-corrected chi connectivity index (χ4v) is 3.82. The number of halogens is 3. The zero-order chi connectivity index (χ0) is 18.7. The van der Waals surface area contributed by atoms with E-state index in [0.717, 1.165) is 42.1 Å². The molecular weight excluding hydrogens is 363 g/mol. The maximum Gasteiger partial charge on any atom is 0.417 e. The van der Waals surface area contributed by atoms with Crippen LogP contribution in [0.1, 0.15) is 40.6 Å². The van der Waals surface area contributed by atoms with Crippen LogP contribution in [-0.2, 0) is 12.7 Å². The molecule has 1 aliphatic heterocycles. The van der Waals surface area contributed by atoms with Crippen LogP contribution in [0.5, 0.6) is 0 Å². The van der Waals surface area contributed by atoms with Crippen molar-refractivity contribution in [3.8, 4) is 0 Å². The van der Waals surface area contributed by atoms with Gasteiger partial charge in [-0.15, -0.1) is 11.3 Å². The Morgan fingerprint density at radius 2 is 2.23 bits per heavy atom. The van der Waals surface area contributed by atoms with Crippen molar-refractivity contribution in [1.29, 1.82) is 0 Å². The topological polar surface area (TPSA) is 45.2 Å². The Bertz CT molecular complexity index is 758. The Labute approximate surface area is 154 Å². The molecule has 1 N–H and O–H groups in total. The minimum Gasteiger partial charge on any atom is -0.355 e. The Hall–Kier alpha value is -1.93. The predicted molar refractivity (Wildman–Crippen MR) is 95.6 cm³/mol. The second-order valence-corrected chi connectivity index (χ2v) is 7.36. The number of piperidine rings is 1. The summed E-state index contributed by atoms with van der Waals surface area (Å²) in [6.45, 7) is 3.70. The van der Waals surface area contributed by atoms with E-state index in [-0.39, 0.29) is 11.8 Å². The molecule has 1 fully saturated rings. The van der Waals surface area contributed by atoms with Crippen LogP contribution in [0.3, 0.4) is 0 Å². The van der Waals surface area contributed by atoms with Crippen molar-refractivity contribution in [2.24, 2.45) is 0 Å². The molecule has 0 unspecified atom stereocenters. The van der Waals surface area contributed by atoms with Crippen molar-refractivity contribution < 1.29 is 18.0 Å². The van der Waals surface area contributed by atoms with Gasteiger partial charge in [-0.2, -0.15) is 13.2 Å². The van der Waals surface area contributed by atoms with Gasteiger partial charge in [0.25, 0.3) is 0 Å². The predicted octanol–water partition coefficient (Wildman–Crippen LogP) is 4.12. The normalized spacial score (nSPS) is 18.2. The molecule has 1 aliphatic rings. The van der Waals surface area contributed by atoms with Gasteiger partial charge in [-0.1, -0.05) is 0 Å². The molecule has 8 heteroatoms. The van der Waals surface area contributed by atoms with Gasteiger partial charge in [-0.05, 0) is 48.9 Å². The van der Waals surface area contributed by atoms with Crippen LogP contribution in [0.15, 0.2) is 29.8 Å². The number of ketones is 1. The van der Waals surface area contributed by atoms with Gasteiger partial charge in [0.1, 0.15) is 5.82 Å². The van der Waals surface area contributed by atoms with Crippen LogP contribution in [0, 0.1) is 0 Å². The van der Waals surface area contributed by atoms with Crippen molar-refractivity contribution in [3.05, 3.63) is 45.8 Å². The summed E-state index contributed by atoms with van der Waals surface area (Å²) in [5.74, 6) is 0.636. The number of hydrogen-bond donors (Lipinski definition) is 1. The summed E-state index contributed by atoms with van der Waals surface area (Å²) in [7, 11) is 0. The van der Waals surface area contributed by atoms with Crippen LogP contribution in [0.25, 0.3) is 0 Å². The van der Waals surface area contributed by atoms with Gasteiger partial charge in [-0.25, -0.2) is 4.98 Å². The lowest BCUT2D eigenvalue weighted by atomic mass is 10.1. The molecule has 26 heavy (non-hydrogen) atoms. The zero-order valence-corrected chi connectivity index (χ0v) is 15.2. The average Bonchev–Trinajstić information content (AvgIpc) is 3.09. The van der Waals surface area contributed by atoms with E-state index < -0.39 is 11.7 Å². The largest absolute Gasteiger partial charge is 0.417 e. The maximum atomic E-state index is 12.7. The minimum atomic E-state index is -4.36. The quantitative estimate of drug-likeness (QED) is 0.789. The lowest BCUT2D eigenvalue weighted by Crippen LogP contribution is -2.45. The van der Waals surface area contributed by atoms with Crippen molar-refractivity contribution in [2.75, 3.05) is 18.0 Å². The van der Waals surface area contributed by atoms with Crippen molar-refractivity contribution >= 4 is 22.9 Å². The third-order valence-corrected chi connectivity index (χ3v) is 5.50. The monoisotopic (exact) mass is 383 g/mol. The number of nitrogens with zero attached hydrogens (tertiary/aromatic N) is 2. The number of anilines is 1. The Balaban J connectivity index is 1.57. The summed E-state index contributed by atoms with van der Waals surface area (Å²) in [5, 5.41) is 5.45. The summed E-state index contributed by atoms with van der Waals surface area (Å²) in [4.78, 5) is 18.1. The van der Waals surface area contributed by atoms with Crippen LogP contribution in [0.4, 0.5) is 19.0 Å². The summed E-state index contributed by atoms with van der Waals surface area (Å²) in [6, 6.07) is 4.64. The molecule has 0 aliphatic carbocycles. The molecule has 2 aromatic heterocycles. The summed E-state index contributed by atoms with van der Waals surface area (Å²) >= 11 is 1.44. The number of rotatable bonds is 5. The highest BCUT2D eigenvalue weighted by molar-refractivity contribution is 7.12. The van der Waals surface area contributed by atoms with Crippen LogP contribution in [-0.4, -0.2) is 29.9 Å². The number of hydrogen-bond acceptors (Lipinski definition) is 5. The van der Waals surface area contributed by atoms with Crippen molar-refractivity contribution in [3.63, 3.8) is 0 Å². The van der Waals surface area contributed by atoms with Gasteiger partial charge in [0.15, 0.2) is 5.78 Å². The number of pyridine rings is 1. The molecule has 0 spiro atoms. The molecule has 0 radical (unpaired) electrons. The molecule has 140 valence electrons. The van der Waals surface area contributed by atoms with E-state index in [0.29, 0.717) is 18.9 Å². The van der Waals surface area contributed by atoms with E-state index in [9.17, 15) is 18.0 Å². The number of carbonyl (C=O) groups is 1. The molecular formula is C18H20F3N3OS. The van der Waals surface area contributed by atoms with Gasteiger partial charge in [0, 0.05) is 31.9 Å². The average molecular weight is 383 g/mol. The molecule has 1 saturated heterocycles. The highest BCUT2D eigenvalue weighted by Crippen LogP contribution is 2.29. The molecule has 0 bridgehead atoms. The van der Waals surface area contributed by atoms with Gasteiger partial charge >= 0.3 is 6.18 Å². The third kappa shape index (κ3) is 4.62. The first-order valence-corrected chi connectivity index (χ1v) is 9.31. The van der Waals surface area contributed by atoms with Crippen LogP contribution < -0.4 is 10.2 Å². The van der Waals surface area contributed by atoms with E-state index in [1.807, 2.05) is 16.3 Å². The van der Waals surface area contributed by atoms with Crippen molar-refractivity contribution in [1.82, 2.24) is 10.3 Å². The van der Waals surface area contributed by atoms with Crippen LogP contribution in [0.2, 0.25) is 0 Å². The zero-order valence-electron chi connectivity index (χ0n) is 14.3. The Morgan fingerprint density at radius 3 is 2.85 bits per heavy atom. The fourth-order valence-electron chi connectivity index (χ4n) is 3.01. The van der Waals surface area contributed by atoms with Crippen LogP contribution >= 0.6 is 11.3 Å². The SMILES string of the molecule is CC(=O)c1cc(CN[C@H]2CCCN(c3ccc(C(F)(F)F)cn3)C2)cs1. The smallest absolute Gasteiger partial charge is 0.355 e. The molecule has 4 nitrogen and oxygen atoms in total. The Kier molecular flexibility index (Phi) is 5.62. The van der Waals surface area contributed by atoms with Gasteiger partial charge in [0.05, 0.1) is 10.4 Å². The fraction of sp³-hybridized carbons (Fsp3) is 0.444. The maximum absolute atomic E-state index is 12.7. The molecule has 3 heterocycles. The molecule has 0 aromatic carbocycles. The molecule has 2 aromatic rings. The second-order valence-electron chi connectivity index (χ2n) is 6.44. The third-order valence-electron chi connectivity index (χ3n) is 4.42. The van der Waals surface area contributed by atoms with E-state index in [1.165, 1.54) is 17.4 Å². The summed E-state index contributed by atoms with van der Waals surface area (Å²) in [6.07, 6.45) is -1.53. The first-order valence-electron chi connectivity index (χ1n) is 8.43. The number of aromatic nitrogens is 1. The van der Waals surface area contributed by atoms with Crippen molar-refractivity contribution in [2.45, 2.75) is 38.5 Å². The number of nitrogens with one attached hydrogen (secondary N) is 1. The molecule has 0 saturated carbocycles. The van der Waals surface area contributed by atoms with Gasteiger partial charge in [0.2, 0.25) is 0 Å². The van der Waals surface area contributed by atoms with Gasteiger partial charge in [-0.3, -0.25) is 4.79 Å². The number of thiophene rings is 1. The first kappa shape index (κ1) is 18.8.